The Morgan fingerprint density at radius 1 is 1.32 bits per heavy atom. The highest BCUT2D eigenvalue weighted by molar-refractivity contribution is 8.24. The molecular formula is C16H20F3N3O5S. The molecule has 0 bridgehead atoms. The maximum absolute atomic E-state index is 14.6. The van der Waals surface area contributed by atoms with Crippen LogP contribution in [0.1, 0.15) is 0 Å². The van der Waals surface area contributed by atoms with E-state index in [4.69, 9.17) is 4.74 Å². The highest BCUT2D eigenvalue weighted by atomic mass is 32.3. The molecule has 8 nitrogen and oxygen atoms in total. The van der Waals surface area contributed by atoms with Crippen LogP contribution in [0.25, 0.3) is 0 Å². The highest BCUT2D eigenvalue weighted by Crippen LogP contribution is 2.41. The van der Waals surface area contributed by atoms with Gasteiger partial charge in [0.2, 0.25) is 0 Å². The van der Waals surface area contributed by atoms with Gasteiger partial charge in [-0.1, -0.05) is 0 Å². The number of rotatable bonds is 5. The molecule has 2 amide bonds. The lowest BCUT2D eigenvalue weighted by Gasteiger charge is -2.42. The molecule has 1 aromatic carbocycles. The van der Waals surface area contributed by atoms with Crippen LogP contribution in [0.15, 0.2) is 18.2 Å². The van der Waals surface area contributed by atoms with Gasteiger partial charge in [-0.3, -0.25) is 18.8 Å². The van der Waals surface area contributed by atoms with E-state index in [9.17, 15) is 31.9 Å². The molecule has 3 N–H and O–H groups in total. The minimum Gasteiger partial charge on any atom is -0.442 e. The zero-order chi connectivity index (χ0) is 20.5. The molecule has 0 saturated carbocycles. The van der Waals surface area contributed by atoms with E-state index in [1.807, 2.05) is 5.32 Å². The van der Waals surface area contributed by atoms with Crippen LogP contribution in [0.2, 0.25) is 0 Å². The lowest BCUT2D eigenvalue weighted by Crippen LogP contribution is -2.38. The monoisotopic (exact) mass is 423 g/mol. The molecule has 2 aliphatic heterocycles. The van der Waals surface area contributed by atoms with Gasteiger partial charge in [-0.15, -0.1) is 0 Å². The van der Waals surface area contributed by atoms with Crippen LogP contribution >= 0.6 is 10.6 Å². The number of ether oxygens (including phenoxy) is 1. The van der Waals surface area contributed by atoms with Gasteiger partial charge in [0.05, 0.1) is 36.0 Å². The molecule has 0 aliphatic carbocycles. The number of hydrogen-bond donors (Lipinski definition) is 3. The standard InChI is InChI=1S/C16H20F3N3O5S/c17-12-7-10(1-2-13(12)21-3-5-28(25,26)6-4-21)22-9-11(27-16(22)24)8-20-15(23)14(18)19/h1-2,7,11,14,25-26H,3-6,8-9H2,(H,20,23)/t11-/m0/s1. The smallest absolute Gasteiger partial charge is 0.414 e. The predicted octanol–water partition coefficient (Wildman–Crippen LogP) is 2.10. The van der Waals surface area contributed by atoms with E-state index < -0.39 is 40.9 Å². The van der Waals surface area contributed by atoms with E-state index >= 15 is 0 Å². The van der Waals surface area contributed by atoms with E-state index in [2.05, 4.69) is 0 Å². The Kier molecular flexibility index (Phi) is 5.91. The fraction of sp³-hybridized carbons (Fsp3) is 0.500. The molecule has 1 atom stereocenters. The fourth-order valence-corrected chi connectivity index (χ4v) is 4.25. The number of benzene rings is 1. The fourth-order valence-electron chi connectivity index (χ4n) is 3.02. The maximum Gasteiger partial charge on any atom is 0.414 e. The van der Waals surface area contributed by atoms with Crippen LogP contribution in [0.5, 0.6) is 0 Å². The van der Waals surface area contributed by atoms with Crippen molar-refractivity contribution in [3.05, 3.63) is 24.0 Å². The van der Waals surface area contributed by atoms with E-state index in [0.717, 1.165) is 11.0 Å². The first kappa shape index (κ1) is 20.6. The molecule has 1 aromatic rings. The summed E-state index contributed by atoms with van der Waals surface area (Å²) in [6.45, 7) is 0.310. The summed E-state index contributed by atoms with van der Waals surface area (Å²) in [5.41, 5.74) is 0.516. The number of halogens is 3. The van der Waals surface area contributed by atoms with Crippen molar-refractivity contribution < 1.29 is 36.6 Å². The quantitative estimate of drug-likeness (QED) is 0.671. The summed E-state index contributed by atoms with van der Waals surface area (Å²) in [7, 11) is -2.60. The second-order valence-corrected chi connectivity index (χ2v) is 8.92. The van der Waals surface area contributed by atoms with Crippen LogP contribution in [-0.2, 0) is 9.53 Å². The summed E-state index contributed by atoms with van der Waals surface area (Å²) in [6, 6.07) is 4.16. The van der Waals surface area contributed by atoms with Crippen molar-refractivity contribution in [1.29, 1.82) is 0 Å². The van der Waals surface area contributed by atoms with E-state index in [-0.39, 0.29) is 36.0 Å². The van der Waals surface area contributed by atoms with Gasteiger partial charge in [-0.05, 0) is 18.2 Å². The molecule has 12 heteroatoms. The Labute approximate surface area is 160 Å². The number of alkyl halides is 2. The number of carbonyl (C=O) groups is 2. The van der Waals surface area contributed by atoms with E-state index in [1.54, 1.807) is 4.90 Å². The highest BCUT2D eigenvalue weighted by Gasteiger charge is 2.34. The van der Waals surface area contributed by atoms with Gasteiger partial charge in [0.1, 0.15) is 11.9 Å². The van der Waals surface area contributed by atoms with Crippen LogP contribution in [0.3, 0.4) is 0 Å². The van der Waals surface area contributed by atoms with Gasteiger partial charge >= 0.3 is 12.5 Å². The number of anilines is 2. The molecule has 2 fully saturated rings. The summed E-state index contributed by atoms with van der Waals surface area (Å²) in [5, 5.41) is 1.97. The van der Waals surface area contributed by atoms with Crippen LogP contribution in [0.4, 0.5) is 29.3 Å². The van der Waals surface area contributed by atoms with Crippen molar-refractivity contribution in [2.45, 2.75) is 12.5 Å². The maximum atomic E-state index is 14.6. The lowest BCUT2D eigenvalue weighted by atomic mass is 10.2. The molecule has 0 radical (unpaired) electrons. The summed E-state index contributed by atoms with van der Waals surface area (Å²) in [4.78, 5) is 25.7. The topological polar surface area (TPSA) is 102 Å². The van der Waals surface area contributed by atoms with Crippen molar-refractivity contribution in [2.24, 2.45) is 0 Å². The predicted molar refractivity (Wildman–Crippen MR) is 97.8 cm³/mol. The molecule has 0 unspecified atom stereocenters. The van der Waals surface area contributed by atoms with Crippen LogP contribution in [-0.4, -0.2) is 71.3 Å². The molecular weight excluding hydrogens is 403 g/mol. The number of carbonyl (C=O) groups excluding carboxylic acids is 2. The minimum absolute atomic E-state index is 0.0221. The number of hydrogen-bond acceptors (Lipinski definition) is 6. The van der Waals surface area contributed by atoms with Crippen molar-refractivity contribution in [2.75, 3.05) is 47.5 Å². The Morgan fingerprint density at radius 2 is 2.00 bits per heavy atom. The van der Waals surface area contributed by atoms with Gasteiger partial charge in [-0.25, -0.2) is 9.18 Å². The zero-order valence-corrected chi connectivity index (χ0v) is 15.5. The van der Waals surface area contributed by atoms with Crippen molar-refractivity contribution in [3.63, 3.8) is 0 Å². The Morgan fingerprint density at radius 3 is 2.61 bits per heavy atom. The molecule has 2 saturated heterocycles. The molecule has 156 valence electrons. The molecule has 0 aromatic heterocycles. The number of cyclic esters (lactones) is 1. The molecule has 3 rings (SSSR count). The molecule has 28 heavy (non-hydrogen) atoms. The average molecular weight is 423 g/mol. The molecule has 2 aliphatic rings. The second-order valence-electron chi connectivity index (χ2n) is 6.50. The van der Waals surface area contributed by atoms with Crippen LogP contribution < -0.4 is 15.1 Å². The Hall–Kier alpha value is -2.18. The van der Waals surface area contributed by atoms with Crippen LogP contribution in [0, 0.1) is 5.82 Å². The summed E-state index contributed by atoms with van der Waals surface area (Å²) >= 11 is 0. The largest absolute Gasteiger partial charge is 0.442 e. The third-order valence-electron chi connectivity index (χ3n) is 4.54. The van der Waals surface area contributed by atoms with Crippen molar-refractivity contribution in [3.8, 4) is 0 Å². The molecule has 2 heterocycles. The van der Waals surface area contributed by atoms with Gasteiger partial charge in [0.15, 0.2) is 0 Å². The number of amides is 2. The average Bonchev–Trinajstić information content (AvgIpc) is 3.00. The first-order valence-electron chi connectivity index (χ1n) is 8.48. The van der Waals surface area contributed by atoms with Crippen molar-refractivity contribution in [1.82, 2.24) is 5.32 Å². The minimum atomic E-state index is -3.16. The molecule has 0 spiro atoms. The lowest BCUT2D eigenvalue weighted by molar-refractivity contribution is -0.132. The third-order valence-corrected chi connectivity index (χ3v) is 6.21. The van der Waals surface area contributed by atoms with Gasteiger partial charge in [-0.2, -0.15) is 19.4 Å². The second kappa shape index (κ2) is 8.05. The number of nitrogens with zero attached hydrogens (tertiary/aromatic N) is 2. The zero-order valence-electron chi connectivity index (χ0n) is 14.7. The Balaban J connectivity index is 1.63. The number of nitrogens with one attached hydrogen (secondary N) is 1. The van der Waals surface area contributed by atoms with Gasteiger partial charge in [0.25, 0.3) is 5.91 Å². The van der Waals surface area contributed by atoms with E-state index in [1.165, 1.54) is 12.1 Å². The first-order valence-corrected chi connectivity index (χ1v) is 10.4. The third kappa shape index (κ3) is 4.62. The summed E-state index contributed by atoms with van der Waals surface area (Å²) in [5.74, 6) is -1.71. The van der Waals surface area contributed by atoms with Gasteiger partial charge in [0, 0.05) is 13.1 Å². The van der Waals surface area contributed by atoms with Gasteiger partial charge < -0.3 is 15.0 Å². The normalized spacial score (nSPS) is 22.9. The van der Waals surface area contributed by atoms with E-state index in [0.29, 0.717) is 13.1 Å². The van der Waals surface area contributed by atoms with Crippen molar-refractivity contribution >= 4 is 34.0 Å². The summed E-state index contributed by atoms with van der Waals surface area (Å²) in [6.07, 6.45) is -4.76. The SMILES string of the molecule is O=C(NC[C@H]1CN(c2ccc(N3CCS(O)(O)CC3)c(F)c2)C(=O)O1)C(F)F. The Bertz CT molecular complexity index is 757. The first-order chi connectivity index (χ1) is 13.2. The summed E-state index contributed by atoms with van der Waals surface area (Å²) < 4.78 is 63.3.